The van der Waals surface area contributed by atoms with E-state index in [9.17, 15) is 4.79 Å². The van der Waals surface area contributed by atoms with Crippen LogP contribution in [-0.4, -0.2) is 55.0 Å². The summed E-state index contributed by atoms with van der Waals surface area (Å²) in [6.07, 6.45) is 7.76. The first-order valence-corrected chi connectivity index (χ1v) is 10.7. The lowest BCUT2D eigenvalue weighted by molar-refractivity contribution is -0.134. The second kappa shape index (κ2) is 9.76. The number of carbonyl (C=O) groups is 1. The van der Waals surface area contributed by atoms with Crippen molar-refractivity contribution in [2.24, 2.45) is 5.92 Å². The van der Waals surface area contributed by atoms with Gasteiger partial charge in [-0.25, -0.2) is 0 Å². The maximum Gasteiger partial charge on any atom is 0.260 e. The van der Waals surface area contributed by atoms with Gasteiger partial charge in [0.05, 0.1) is 0 Å². The molecule has 0 spiro atoms. The highest BCUT2D eigenvalue weighted by Crippen LogP contribution is 2.21. The standard InChI is InChI=1S/C20H29IN2O2/c21-18-5-7-19(8-6-18)25-16-20(24)23-13-9-17(10-14-23)15-22-11-3-1-2-4-12-22/h5-8,17H,1-4,9-16H2. The number of hydrogen-bond donors (Lipinski definition) is 0. The van der Waals surface area contributed by atoms with Crippen molar-refractivity contribution in [1.82, 2.24) is 9.80 Å². The summed E-state index contributed by atoms with van der Waals surface area (Å²) in [5, 5.41) is 0. The maximum atomic E-state index is 12.4. The van der Waals surface area contributed by atoms with Crippen LogP contribution in [0.5, 0.6) is 5.75 Å². The van der Waals surface area contributed by atoms with Crippen LogP contribution in [-0.2, 0) is 4.79 Å². The van der Waals surface area contributed by atoms with Crippen LogP contribution in [0, 0.1) is 9.49 Å². The van der Waals surface area contributed by atoms with Crippen LogP contribution in [0.15, 0.2) is 24.3 Å². The van der Waals surface area contributed by atoms with Gasteiger partial charge in [0.15, 0.2) is 6.61 Å². The van der Waals surface area contributed by atoms with Gasteiger partial charge in [-0.1, -0.05) is 12.8 Å². The fraction of sp³-hybridized carbons (Fsp3) is 0.650. The summed E-state index contributed by atoms with van der Waals surface area (Å²) >= 11 is 2.26. The first-order valence-electron chi connectivity index (χ1n) is 9.59. The lowest BCUT2D eigenvalue weighted by Crippen LogP contribution is -2.43. The molecule has 2 fully saturated rings. The fourth-order valence-electron chi connectivity index (χ4n) is 3.82. The smallest absolute Gasteiger partial charge is 0.260 e. The van der Waals surface area contributed by atoms with E-state index in [1.54, 1.807) is 0 Å². The predicted molar refractivity (Wildman–Crippen MR) is 109 cm³/mol. The van der Waals surface area contributed by atoms with Crippen molar-refractivity contribution in [2.75, 3.05) is 39.3 Å². The number of hydrogen-bond acceptors (Lipinski definition) is 3. The molecule has 25 heavy (non-hydrogen) atoms. The van der Waals surface area contributed by atoms with E-state index in [1.807, 2.05) is 29.2 Å². The molecule has 2 aliphatic rings. The van der Waals surface area contributed by atoms with Gasteiger partial charge in [-0.3, -0.25) is 4.79 Å². The average molecular weight is 456 g/mol. The highest BCUT2D eigenvalue weighted by atomic mass is 127. The molecule has 2 aliphatic heterocycles. The third-order valence-corrected chi connectivity index (χ3v) is 6.08. The summed E-state index contributed by atoms with van der Waals surface area (Å²) in [5.74, 6) is 1.64. The zero-order valence-electron chi connectivity index (χ0n) is 15.0. The van der Waals surface area contributed by atoms with Gasteiger partial charge in [0.2, 0.25) is 0 Å². The van der Waals surface area contributed by atoms with Crippen LogP contribution >= 0.6 is 22.6 Å². The Labute approximate surface area is 165 Å². The highest BCUT2D eigenvalue weighted by molar-refractivity contribution is 14.1. The molecule has 1 amide bonds. The minimum absolute atomic E-state index is 0.117. The molecule has 3 rings (SSSR count). The van der Waals surface area contributed by atoms with Crippen molar-refractivity contribution >= 4 is 28.5 Å². The van der Waals surface area contributed by atoms with Gasteiger partial charge < -0.3 is 14.5 Å². The van der Waals surface area contributed by atoms with E-state index in [-0.39, 0.29) is 12.5 Å². The average Bonchev–Trinajstić information content (AvgIpc) is 2.90. The van der Waals surface area contributed by atoms with Crippen LogP contribution in [0.1, 0.15) is 38.5 Å². The molecule has 1 aromatic rings. The summed E-state index contributed by atoms with van der Waals surface area (Å²) in [7, 11) is 0. The van der Waals surface area contributed by atoms with E-state index >= 15 is 0 Å². The predicted octanol–water partition coefficient (Wildman–Crippen LogP) is 3.78. The van der Waals surface area contributed by atoms with Crippen LogP contribution in [0.2, 0.25) is 0 Å². The molecule has 0 aromatic heterocycles. The number of benzene rings is 1. The Morgan fingerprint density at radius 3 is 2.28 bits per heavy atom. The van der Waals surface area contributed by atoms with Gasteiger partial charge in [-0.15, -0.1) is 0 Å². The SMILES string of the molecule is O=C(COc1ccc(I)cc1)N1CCC(CN2CCCCCC2)CC1. The summed E-state index contributed by atoms with van der Waals surface area (Å²) in [4.78, 5) is 17.0. The topological polar surface area (TPSA) is 32.8 Å². The Morgan fingerprint density at radius 2 is 1.64 bits per heavy atom. The minimum Gasteiger partial charge on any atom is -0.484 e. The normalized spacial score (nSPS) is 20.3. The van der Waals surface area contributed by atoms with Gasteiger partial charge in [-0.2, -0.15) is 0 Å². The van der Waals surface area contributed by atoms with Gasteiger partial charge in [0.1, 0.15) is 5.75 Å². The number of rotatable bonds is 5. The molecule has 4 nitrogen and oxygen atoms in total. The van der Waals surface area contributed by atoms with Crippen LogP contribution in [0.4, 0.5) is 0 Å². The van der Waals surface area contributed by atoms with E-state index in [2.05, 4.69) is 27.5 Å². The third kappa shape index (κ3) is 6.13. The van der Waals surface area contributed by atoms with Gasteiger partial charge in [0.25, 0.3) is 5.91 Å². The molecule has 0 unspecified atom stereocenters. The molecule has 1 aromatic carbocycles. The van der Waals surface area contributed by atoms with Crippen molar-refractivity contribution < 1.29 is 9.53 Å². The van der Waals surface area contributed by atoms with Gasteiger partial charge >= 0.3 is 0 Å². The monoisotopic (exact) mass is 456 g/mol. The molecule has 0 bridgehead atoms. The summed E-state index contributed by atoms with van der Waals surface area (Å²) in [6, 6.07) is 7.83. The Hall–Kier alpha value is -0.820. The number of amides is 1. The largest absolute Gasteiger partial charge is 0.484 e. The zero-order valence-corrected chi connectivity index (χ0v) is 17.1. The molecular formula is C20H29IN2O2. The van der Waals surface area contributed by atoms with Gasteiger partial charge in [-0.05, 0) is 91.5 Å². The van der Waals surface area contributed by atoms with Crippen LogP contribution < -0.4 is 4.74 Å². The molecule has 0 saturated carbocycles. The molecule has 5 heteroatoms. The molecule has 138 valence electrons. The molecule has 0 radical (unpaired) electrons. The van der Waals surface area contributed by atoms with Crippen molar-refractivity contribution in [3.05, 3.63) is 27.8 Å². The van der Waals surface area contributed by atoms with E-state index in [0.29, 0.717) is 0 Å². The number of nitrogens with zero attached hydrogens (tertiary/aromatic N) is 2. The summed E-state index contributed by atoms with van der Waals surface area (Å²) in [6.45, 7) is 5.67. The molecule has 0 N–H and O–H groups in total. The van der Waals surface area contributed by atoms with E-state index in [0.717, 1.165) is 37.6 Å². The van der Waals surface area contributed by atoms with Gasteiger partial charge in [0, 0.05) is 23.2 Å². The number of ether oxygens (including phenoxy) is 1. The molecule has 0 atom stereocenters. The van der Waals surface area contributed by atoms with Crippen molar-refractivity contribution in [1.29, 1.82) is 0 Å². The second-order valence-electron chi connectivity index (χ2n) is 7.28. The summed E-state index contributed by atoms with van der Waals surface area (Å²) in [5.41, 5.74) is 0. The van der Waals surface area contributed by atoms with Crippen LogP contribution in [0.25, 0.3) is 0 Å². The number of piperidine rings is 1. The Balaban J connectivity index is 1.37. The quantitative estimate of drug-likeness (QED) is 0.633. The van der Waals surface area contributed by atoms with E-state index < -0.39 is 0 Å². The van der Waals surface area contributed by atoms with Crippen molar-refractivity contribution in [2.45, 2.75) is 38.5 Å². The number of halogens is 1. The second-order valence-corrected chi connectivity index (χ2v) is 8.53. The minimum atomic E-state index is 0.117. The third-order valence-electron chi connectivity index (χ3n) is 5.36. The molecule has 2 heterocycles. The van der Waals surface area contributed by atoms with E-state index in [4.69, 9.17) is 4.74 Å². The number of likely N-dealkylation sites (tertiary alicyclic amines) is 2. The highest BCUT2D eigenvalue weighted by Gasteiger charge is 2.24. The molecule has 2 saturated heterocycles. The van der Waals surface area contributed by atoms with Crippen LogP contribution in [0.3, 0.4) is 0 Å². The lowest BCUT2D eigenvalue weighted by atomic mass is 9.96. The van der Waals surface area contributed by atoms with E-state index in [1.165, 1.54) is 48.9 Å². The Kier molecular flexibility index (Phi) is 7.40. The Bertz CT molecular complexity index is 533. The first-order chi connectivity index (χ1) is 12.2. The van der Waals surface area contributed by atoms with Crippen molar-refractivity contribution in [3.8, 4) is 5.75 Å². The first kappa shape index (κ1) is 19.0. The molecule has 0 aliphatic carbocycles. The maximum absolute atomic E-state index is 12.4. The van der Waals surface area contributed by atoms with Crippen molar-refractivity contribution in [3.63, 3.8) is 0 Å². The zero-order chi connectivity index (χ0) is 17.5. The number of carbonyl (C=O) groups excluding carboxylic acids is 1. The fourth-order valence-corrected chi connectivity index (χ4v) is 4.18. The Morgan fingerprint density at radius 1 is 1.00 bits per heavy atom. The molecular weight excluding hydrogens is 427 g/mol. The summed E-state index contributed by atoms with van der Waals surface area (Å²) < 4.78 is 6.80. The lowest BCUT2D eigenvalue weighted by Gasteiger charge is -2.34.